The molecule has 1 amide bonds. The normalized spacial score (nSPS) is 19.8. The van der Waals surface area contributed by atoms with Gasteiger partial charge in [-0.3, -0.25) is 14.4 Å². The number of carboxylic acid groups (broad SMARTS) is 1. The average Bonchev–Trinajstić information content (AvgIpc) is 2.63. The Kier molecular flexibility index (Phi) is 4.87. The fraction of sp³-hybridized carbons (Fsp3) is 0.667. The average molecular weight is 231 g/mol. The first-order chi connectivity index (χ1) is 7.61. The van der Waals surface area contributed by atoms with Gasteiger partial charge in [-0.1, -0.05) is 0 Å². The molecule has 7 nitrogen and oxygen atoms in total. The standard InChI is InChI=1S/C9H13NO6/c11-6-1-4-16-8(6)9(14)10-5-15-3-2-7(12)13/h8H,1-5H2,(H,10,14)(H,12,13)/t8-/m0/s1. The molecule has 0 radical (unpaired) electrons. The molecular weight excluding hydrogens is 218 g/mol. The van der Waals surface area contributed by atoms with Crippen LogP contribution >= 0.6 is 0 Å². The van der Waals surface area contributed by atoms with E-state index < -0.39 is 18.0 Å². The molecule has 1 aliphatic rings. The zero-order valence-electron chi connectivity index (χ0n) is 8.60. The SMILES string of the molecule is O=C(O)CCOCNC(=O)[C@H]1OCCC1=O. The molecule has 0 saturated carbocycles. The lowest BCUT2D eigenvalue weighted by Gasteiger charge is -2.09. The van der Waals surface area contributed by atoms with E-state index in [2.05, 4.69) is 5.32 Å². The summed E-state index contributed by atoms with van der Waals surface area (Å²) in [6, 6.07) is 0. The van der Waals surface area contributed by atoms with Crippen molar-refractivity contribution >= 4 is 17.7 Å². The highest BCUT2D eigenvalue weighted by atomic mass is 16.5. The van der Waals surface area contributed by atoms with Gasteiger partial charge in [0.2, 0.25) is 0 Å². The van der Waals surface area contributed by atoms with E-state index in [-0.39, 0.29) is 38.6 Å². The molecule has 2 N–H and O–H groups in total. The number of nitrogens with one attached hydrogen (secondary N) is 1. The largest absolute Gasteiger partial charge is 0.481 e. The van der Waals surface area contributed by atoms with Crippen molar-refractivity contribution < 1.29 is 29.0 Å². The molecular formula is C9H13NO6. The summed E-state index contributed by atoms with van der Waals surface area (Å²) < 4.78 is 9.74. The maximum absolute atomic E-state index is 11.3. The summed E-state index contributed by atoms with van der Waals surface area (Å²) in [5, 5.41) is 10.6. The molecule has 0 bridgehead atoms. The van der Waals surface area contributed by atoms with Crippen LogP contribution in [0.15, 0.2) is 0 Å². The van der Waals surface area contributed by atoms with Gasteiger partial charge < -0.3 is 19.9 Å². The second-order valence-electron chi connectivity index (χ2n) is 3.20. The van der Waals surface area contributed by atoms with Crippen LogP contribution in [0.1, 0.15) is 12.8 Å². The minimum atomic E-state index is -1.04. The Morgan fingerprint density at radius 3 is 2.88 bits per heavy atom. The van der Waals surface area contributed by atoms with Crippen LogP contribution in [0.25, 0.3) is 0 Å². The summed E-state index contributed by atoms with van der Waals surface area (Å²) in [7, 11) is 0. The van der Waals surface area contributed by atoms with E-state index in [1.807, 2.05) is 0 Å². The van der Waals surface area contributed by atoms with Gasteiger partial charge in [0.15, 0.2) is 11.9 Å². The number of amides is 1. The van der Waals surface area contributed by atoms with E-state index >= 15 is 0 Å². The molecule has 1 fully saturated rings. The van der Waals surface area contributed by atoms with Gasteiger partial charge in [0.05, 0.1) is 19.6 Å². The van der Waals surface area contributed by atoms with Crippen LogP contribution in [0.4, 0.5) is 0 Å². The highest BCUT2D eigenvalue weighted by molar-refractivity contribution is 6.05. The number of ketones is 1. The minimum absolute atomic E-state index is 0.00901. The van der Waals surface area contributed by atoms with E-state index in [0.717, 1.165) is 0 Å². The predicted octanol–water partition coefficient (Wildman–Crippen LogP) is -1.09. The van der Waals surface area contributed by atoms with E-state index in [4.69, 9.17) is 14.6 Å². The topological polar surface area (TPSA) is 102 Å². The first-order valence-electron chi connectivity index (χ1n) is 4.83. The van der Waals surface area contributed by atoms with Gasteiger partial charge in [0.1, 0.15) is 6.73 Å². The third-order valence-corrected chi connectivity index (χ3v) is 1.97. The van der Waals surface area contributed by atoms with E-state index in [0.29, 0.717) is 0 Å². The summed E-state index contributed by atoms with van der Waals surface area (Å²) in [5.41, 5.74) is 0. The lowest BCUT2D eigenvalue weighted by molar-refractivity contribution is -0.138. The molecule has 1 aliphatic heterocycles. The number of carbonyl (C=O) groups excluding carboxylic acids is 2. The highest BCUT2D eigenvalue weighted by Crippen LogP contribution is 2.07. The van der Waals surface area contributed by atoms with Crippen LogP contribution in [-0.4, -0.2) is 48.8 Å². The van der Waals surface area contributed by atoms with Gasteiger partial charge >= 0.3 is 5.97 Å². The number of hydrogen-bond acceptors (Lipinski definition) is 5. The van der Waals surface area contributed by atoms with Crippen LogP contribution in [0.3, 0.4) is 0 Å². The lowest BCUT2D eigenvalue weighted by atomic mass is 10.2. The van der Waals surface area contributed by atoms with Gasteiger partial charge in [-0.15, -0.1) is 0 Å². The van der Waals surface area contributed by atoms with Crippen LogP contribution in [-0.2, 0) is 23.9 Å². The van der Waals surface area contributed by atoms with Crippen LogP contribution in [0.5, 0.6) is 0 Å². The first-order valence-corrected chi connectivity index (χ1v) is 4.83. The fourth-order valence-electron chi connectivity index (χ4n) is 1.17. The maximum atomic E-state index is 11.3. The Morgan fingerprint density at radius 2 is 2.31 bits per heavy atom. The van der Waals surface area contributed by atoms with Crippen LogP contribution in [0.2, 0.25) is 0 Å². The molecule has 0 aromatic rings. The molecule has 7 heteroatoms. The van der Waals surface area contributed by atoms with Crippen molar-refractivity contribution in [1.82, 2.24) is 5.32 Å². The Labute approximate surface area is 91.7 Å². The lowest BCUT2D eigenvalue weighted by Crippen LogP contribution is -2.39. The van der Waals surface area contributed by atoms with Gasteiger partial charge in [0.25, 0.3) is 5.91 Å². The summed E-state index contributed by atoms with van der Waals surface area (Å²) in [6.07, 6.45) is -0.921. The zero-order valence-corrected chi connectivity index (χ0v) is 8.60. The van der Waals surface area contributed by atoms with E-state index in [1.165, 1.54) is 0 Å². The summed E-state index contributed by atoms with van der Waals surface area (Å²) in [4.78, 5) is 32.5. The summed E-state index contributed by atoms with van der Waals surface area (Å²) >= 11 is 0. The van der Waals surface area contributed by atoms with Gasteiger partial charge in [-0.25, -0.2) is 0 Å². The second kappa shape index (κ2) is 6.19. The molecule has 0 unspecified atom stereocenters. The Morgan fingerprint density at radius 1 is 1.56 bits per heavy atom. The predicted molar refractivity (Wildman–Crippen MR) is 50.6 cm³/mol. The third kappa shape index (κ3) is 3.95. The third-order valence-electron chi connectivity index (χ3n) is 1.97. The molecule has 1 saturated heterocycles. The quantitative estimate of drug-likeness (QED) is 0.342. The molecule has 1 rings (SSSR count). The molecule has 90 valence electrons. The number of hydrogen-bond donors (Lipinski definition) is 2. The van der Waals surface area contributed by atoms with Crippen LogP contribution < -0.4 is 5.32 Å². The van der Waals surface area contributed by atoms with Gasteiger partial charge in [-0.2, -0.15) is 0 Å². The second-order valence-corrected chi connectivity index (χ2v) is 3.20. The summed E-state index contributed by atoms with van der Waals surface area (Å²) in [5.74, 6) is -1.76. The zero-order chi connectivity index (χ0) is 12.0. The molecule has 0 aliphatic carbocycles. The van der Waals surface area contributed by atoms with Crippen molar-refractivity contribution in [3.05, 3.63) is 0 Å². The van der Waals surface area contributed by atoms with E-state index in [9.17, 15) is 14.4 Å². The number of Topliss-reactive ketones (excluding diaryl/α,β-unsaturated/α-hetero) is 1. The minimum Gasteiger partial charge on any atom is -0.481 e. The first kappa shape index (κ1) is 12.6. The van der Waals surface area contributed by atoms with Gasteiger partial charge in [-0.05, 0) is 0 Å². The Balaban J connectivity index is 2.11. The molecule has 1 atom stereocenters. The molecule has 1 heterocycles. The Hall–Kier alpha value is -1.47. The fourth-order valence-corrected chi connectivity index (χ4v) is 1.17. The highest BCUT2D eigenvalue weighted by Gasteiger charge is 2.31. The molecule has 0 spiro atoms. The summed E-state index contributed by atoms with van der Waals surface area (Å²) in [6.45, 7) is 0.144. The molecule has 0 aromatic heterocycles. The van der Waals surface area contributed by atoms with Crippen molar-refractivity contribution in [1.29, 1.82) is 0 Å². The number of carbonyl (C=O) groups is 3. The van der Waals surface area contributed by atoms with Crippen molar-refractivity contribution in [3.8, 4) is 0 Å². The van der Waals surface area contributed by atoms with Crippen molar-refractivity contribution in [3.63, 3.8) is 0 Å². The van der Waals surface area contributed by atoms with Crippen molar-refractivity contribution in [2.45, 2.75) is 18.9 Å². The van der Waals surface area contributed by atoms with E-state index in [1.54, 1.807) is 0 Å². The number of aliphatic carboxylic acids is 1. The smallest absolute Gasteiger partial charge is 0.305 e. The Bertz CT molecular complexity index is 290. The van der Waals surface area contributed by atoms with Crippen molar-refractivity contribution in [2.24, 2.45) is 0 Å². The monoisotopic (exact) mass is 231 g/mol. The number of carboxylic acids is 1. The number of ether oxygens (including phenoxy) is 2. The molecule has 0 aromatic carbocycles. The number of rotatable bonds is 6. The maximum Gasteiger partial charge on any atom is 0.305 e. The van der Waals surface area contributed by atoms with Crippen molar-refractivity contribution in [2.75, 3.05) is 19.9 Å². The van der Waals surface area contributed by atoms with Crippen LogP contribution in [0, 0.1) is 0 Å². The van der Waals surface area contributed by atoms with Gasteiger partial charge in [0, 0.05) is 6.42 Å². The molecule has 16 heavy (non-hydrogen) atoms.